The van der Waals surface area contributed by atoms with Gasteiger partial charge in [0.2, 0.25) is 0 Å². The summed E-state index contributed by atoms with van der Waals surface area (Å²) in [4.78, 5) is 7.35. The molecule has 1 aromatic carbocycles. The first-order valence-electron chi connectivity index (χ1n) is 6.83. The van der Waals surface area contributed by atoms with Gasteiger partial charge in [0.05, 0.1) is 7.11 Å². The number of hydrogen-bond donors (Lipinski definition) is 1. The van der Waals surface area contributed by atoms with Crippen LogP contribution in [-0.4, -0.2) is 32.1 Å². The van der Waals surface area contributed by atoms with E-state index in [9.17, 15) is 0 Å². The predicted molar refractivity (Wildman–Crippen MR) is 74.4 cm³/mol. The van der Waals surface area contributed by atoms with Gasteiger partial charge in [0, 0.05) is 6.54 Å². The molecule has 0 bridgehead atoms. The van der Waals surface area contributed by atoms with Gasteiger partial charge in [0.1, 0.15) is 0 Å². The van der Waals surface area contributed by atoms with E-state index in [0.29, 0.717) is 0 Å². The molecule has 3 heteroatoms. The minimum atomic E-state index is 0.720. The van der Waals surface area contributed by atoms with Crippen molar-refractivity contribution < 1.29 is 4.84 Å². The summed E-state index contributed by atoms with van der Waals surface area (Å²) in [6, 6.07) is 8.91. The molecule has 1 aliphatic heterocycles. The summed E-state index contributed by atoms with van der Waals surface area (Å²) in [5, 5.41) is 0. The second-order valence-electron chi connectivity index (χ2n) is 5.20. The van der Waals surface area contributed by atoms with Crippen LogP contribution in [0.25, 0.3) is 0 Å². The lowest BCUT2D eigenvalue weighted by atomic mass is 9.91. The van der Waals surface area contributed by atoms with E-state index in [1.807, 2.05) is 0 Å². The van der Waals surface area contributed by atoms with Gasteiger partial charge in [-0.15, -0.1) is 0 Å². The molecular formula is C15H24N2O. The molecule has 3 nitrogen and oxygen atoms in total. The fourth-order valence-corrected chi connectivity index (χ4v) is 2.69. The zero-order valence-corrected chi connectivity index (χ0v) is 11.5. The number of likely N-dealkylation sites (tertiary alicyclic amines) is 1. The zero-order chi connectivity index (χ0) is 12.8. The van der Waals surface area contributed by atoms with Crippen LogP contribution in [0, 0.1) is 0 Å². The van der Waals surface area contributed by atoms with Crippen molar-refractivity contribution in [3.8, 4) is 0 Å². The van der Waals surface area contributed by atoms with Crippen LogP contribution in [0.3, 0.4) is 0 Å². The molecule has 0 aromatic heterocycles. The van der Waals surface area contributed by atoms with Crippen molar-refractivity contribution in [1.82, 2.24) is 10.4 Å². The SMILES string of the molecule is CONCc1cccc(C2CCCN(C)CC2)c1. The molecule has 1 heterocycles. The minimum absolute atomic E-state index is 0.720. The van der Waals surface area contributed by atoms with Crippen molar-refractivity contribution in [3.63, 3.8) is 0 Å². The van der Waals surface area contributed by atoms with Crippen LogP contribution in [0.15, 0.2) is 24.3 Å². The lowest BCUT2D eigenvalue weighted by Crippen LogP contribution is -2.18. The Labute approximate surface area is 110 Å². The number of hydrogen-bond acceptors (Lipinski definition) is 3. The second kappa shape index (κ2) is 6.88. The van der Waals surface area contributed by atoms with E-state index in [1.54, 1.807) is 7.11 Å². The summed E-state index contributed by atoms with van der Waals surface area (Å²) >= 11 is 0. The number of rotatable bonds is 4. The summed E-state index contributed by atoms with van der Waals surface area (Å²) in [6.07, 6.45) is 3.89. The summed E-state index contributed by atoms with van der Waals surface area (Å²) < 4.78 is 0. The first-order valence-corrected chi connectivity index (χ1v) is 6.83. The van der Waals surface area contributed by atoms with Crippen LogP contribution in [0.1, 0.15) is 36.3 Å². The fraction of sp³-hybridized carbons (Fsp3) is 0.600. The molecule has 1 atom stereocenters. The Hall–Kier alpha value is -0.900. The van der Waals surface area contributed by atoms with Gasteiger partial charge in [0.15, 0.2) is 0 Å². The topological polar surface area (TPSA) is 24.5 Å². The van der Waals surface area contributed by atoms with Crippen molar-refractivity contribution in [2.75, 3.05) is 27.2 Å². The van der Waals surface area contributed by atoms with Gasteiger partial charge in [-0.25, -0.2) is 0 Å². The first-order chi connectivity index (χ1) is 8.79. The first kappa shape index (κ1) is 13.5. The molecule has 1 aliphatic rings. The lowest BCUT2D eigenvalue weighted by Gasteiger charge is -2.16. The smallest absolute Gasteiger partial charge is 0.0572 e. The third-order valence-electron chi connectivity index (χ3n) is 3.79. The third kappa shape index (κ3) is 3.80. The van der Waals surface area contributed by atoms with Gasteiger partial charge in [-0.3, -0.25) is 0 Å². The van der Waals surface area contributed by atoms with E-state index in [-0.39, 0.29) is 0 Å². The van der Waals surface area contributed by atoms with Crippen LogP contribution >= 0.6 is 0 Å². The second-order valence-corrected chi connectivity index (χ2v) is 5.20. The van der Waals surface area contributed by atoms with Gasteiger partial charge in [-0.1, -0.05) is 24.3 Å². The molecular weight excluding hydrogens is 224 g/mol. The summed E-state index contributed by atoms with van der Waals surface area (Å²) in [5.41, 5.74) is 5.69. The van der Waals surface area contributed by atoms with Crippen molar-refractivity contribution in [1.29, 1.82) is 0 Å². The maximum Gasteiger partial charge on any atom is 0.0572 e. The molecule has 0 saturated carbocycles. The number of nitrogens with one attached hydrogen (secondary N) is 1. The van der Waals surface area contributed by atoms with Crippen molar-refractivity contribution >= 4 is 0 Å². The van der Waals surface area contributed by atoms with Crippen LogP contribution < -0.4 is 5.48 Å². The van der Waals surface area contributed by atoms with E-state index in [1.165, 1.54) is 43.5 Å². The molecule has 1 unspecified atom stereocenters. The van der Waals surface area contributed by atoms with Crippen molar-refractivity contribution in [3.05, 3.63) is 35.4 Å². The number of hydroxylamine groups is 1. The molecule has 0 radical (unpaired) electrons. The highest BCUT2D eigenvalue weighted by Crippen LogP contribution is 2.28. The van der Waals surface area contributed by atoms with Gasteiger partial charge >= 0.3 is 0 Å². The largest absolute Gasteiger partial charge is 0.306 e. The highest BCUT2D eigenvalue weighted by atomic mass is 16.6. The molecule has 100 valence electrons. The molecule has 1 aromatic rings. The fourth-order valence-electron chi connectivity index (χ4n) is 2.69. The summed E-state index contributed by atoms with van der Waals surface area (Å²) in [5.74, 6) is 0.720. The maximum absolute atomic E-state index is 4.91. The maximum atomic E-state index is 4.91. The average Bonchev–Trinajstić information content (AvgIpc) is 2.61. The Morgan fingerprint density at radius 1 is 1.33 bits per heavy atom. The Bertz CT molecular complexity index is 367. The highest BCUT2D eigenvalue weighted by molar-refractivity contribution is 5.26. The molecule has 1 saturated heterocycles. The van der Waals surface area contributed by atoms with Crippen LogP contribution in [0.5, 0.6) is 0 Å². The van der Waals surface area contributed by atoms with E-state index < -0.39 is 0 Å². The van der Waals surface area contributed by atoms with Crippen molar-refractivity contribution in [2.24, 2.45) is 0 Å². The number of benzene rings is 1. The van der Waals surface area contributed by atoms with E-state index in [2.05, 4.69) is 41.7 Å². The molecule has 18 heavy (non-hydrogen) atoms. The molecule has 2 rings (SSSR count). The van der Waals surface area contributed by atoms with Crippen LogP contribution in [-0.2, 0) is 11.4 Å². The molecule has 1 N–H and O–H groups in total. The van der Waals surface area contributed by atoms with E-state index in [0.717, 1.165) is 12.5 Å². The predicted octanol–water partition coefficient (Wildman–Crippen LogP) is 2.54. The summed E-state index contributed by atoms with van der Waals surface area (Å²) in [6.45, 7) is 3.23. The average molecular weight is 248 g/mol. The Kier molecular flexibility index (Phi) is 5.17. The molecule has 0 amide bonds. The van der Waals surface area contributed by atoms with Crippen LogP contribution in [0.4, 0.5) is 0 Å². The quantitative estimate of drug-likeness (QED) is 0.829. The van der Waals surface area contributed by atoms with Crippen LogP contribution in [0.2, 0.25) is 0 Å². The Morgan fingerprint density at radius 3 is 3.06 bits per heavy atom. The van der Waals surface area contributed by atoms with E-state index in [4.69, 9.17) is 4.84 Å². The van der Waals surface area contributed by atoms with E-state index >= 15 is 0 Å². The third-order valence-corrected chi connectivity index (χ3v) is 3.79. The van der Waals surface area contributed by atoms with Gasteiger partial charge in [-0.2, -0.15) is 5.48 Å². The number of nitrogens with zero attached hydrogens (tertiary/aromatic N) is 1. The zero-order valence-electron chi connectivity index (χ0n) is 11.5. The molecule has 1 fully saturated rings. The monoisotopic (exact) mass is 248 g/mol. The Balaban J connectivity index is 2.02. The van der Waals surface area contributed by atoms with Gasteiger partial charge in [0.25, 0.3) is 0 Å². The molecule has 0 aliphatic carbocycles. The van der Waals surface area contributed by atoms with Gasteiger partial charge < -0.3 is 9.74 Å². The Morgan fingerprint density at radius 2 is 2.22 bits per heavy atom. The standard InChI is InChI=1S/C15H24N2O/c1-17-9-4-7-14(8-10-17)15-6-3-5-13(11-15)12-16-18-2/h3,5-6,11,14,16H,4,7-10,12H2,1-2H3. The van der Waals surface area contributed by atoms with Gasteiger partial charge in [-0.05, 0) is 56.4 Å². The lowest BCUT2D eigenvalue weighted by molar-refractivity contribution is 0.0867. The van der Waals surface area contributed by atoms with Crippen molar-refractivity contribution in [2.45, 2.75) is 31.7 Å². The highest BCUT2D eigenvalue weighted by Gasteiger charge is 2.16. The minimum Gasteiger partial charge on any atom is -0.306 e. The molecule has 0 spiro atoms. The normalized spacial score (nSPS) is 21.8. The summed E-state index contributed by atoms with van der Waals surface area (Å²) in [7, 11) is 3.88.